The average molecular weight is 448 g/mol. The van der Waals surface area contributed by atoms with Crippen LogP contribution in [0, 0.1) is 11.7 Å². The monoisotopic (exact) mass is 447 g/mol. The van der Waals surface area contributed by atoms with Crippen LogP contribution in [0.15, 0.2) is 59.5 Å². The largest absolute Gasteiger partial charge is 0.350 e. The smallest absolute Gasteiger partial charge is 0.243 e. The van der Waals surface area contributed by atoms with E-state index in [1.807, 2.05) is 30.3 Å². The average Bonchev–Trinajstić information content (AvgIpc) is 2.78. The Labute approximate surface area is 181 Å². The molecule has 0 saturated carbocycles. The lowest BCUT2D eigenvalue weighted by atomic mass is 9.97. The quantitative estimate of drug-likeness (QED) is 0.679. The maximum atomic E-state index is 13.1. The van der Waals surface area contributed by atoms with Crippen molar-refractivity contribution in [1.82, 2.24) is 14.9 Å². The summed E-state index contributed by atoms with van der Waals surface area (Å²) in [7, 11) is -3.73. The van der Waals surface area contributed by atoms with E-state index in [9.17, 15) is 22.4 Å². The molecular weight excluding hydrogens is 421 g/mol. The lowest BCUT2D eigenvalue weighted by molar-refractivity contribution is -0.131. The Morgan fingerprint density at radius 2 is 1.68 bits per heavy atom. The van der Waals surface area contributed by atoms with Gasteiger partial charge in [-0.3, -0.25) is 9.59 Å². The number of nitrogens with zero attached hydrogens (tertiary/aromatic N) is 1. The number of nitrogens with one attached hydrogen (secondary N) is 2. The molecule has 0 spiro atoms. The second kappa shape index (κ2) is 10.0. The van der Waals surface area contributed by atoms with Crippen molar-refractivity contribution in [2.24, 2.45) is 5.92 Å². The minimum atomic E-state index is -3.73. The fraction of sp³-hybridized carbons (Fsp3) is 0.364. The molecule has 3 rings (SSSR count). The maximum absolute atomic E-state index is 13.1. The highest BCUT2D eigenvalue weighted by atomic mass is 32.2. The zero-order valence-corrected chi connectivity index (χ0v) is 18.1. The SMILES string of the molecule is C[C@@H](NC(=O)C1CCN(S(=O)(=O)c2ccc(F)cc2)CC1)C(=O)NCc1ccccc1. The van der Waals surface area contributed by atoms with Crippen LogP contribution in [0.1, 0.15) is 25.3 Å². The molecule has 0 aromatic heterocycles. The molecule has 2 N–H and O–H groups in total. The Morgan fingerprint density at radius 3 is 2.29 bits per heavy atom. The number of hydrogen-bond donors (Lipinski definition) is 2. The standard InChI is InChI=1S/C22H26FN3O4S/c1-16(21(27)24-15-17-5-3-2-4-6-17)25-22(28)18-11-13-26(14-12-18)31(29,30)20-9-7-19(23)8-10-20/h2-10,16,18H,11-15H2,1H3,(H,24,27)(H,25,28)/t16-/m1/s1. The second-order valence-corrected chi connectivity index (χ2v) is 9.50. The third kappa shape index (κ3) is 5.89. The van der Waals surface area contributed by atoms with E-state index in [2.05, 4.69) is 10.6 Å². The van der Waals surface area contributed by atoms with E-state index in [1.54, 1.807) is 6.92 Å². The molecule has 0 radical (unpaired) electrons. The van der Waals surface area contributed by atoms with Gasteiger partial charge in [-0.2, -0.15) is 4.31 Å². The summed E-state index contributed by atoms with van der Waals surface area (Å²) < 4.78 is 39.7. The predicted molar refractivity (Wildman–Crippen MR) is 114 cm³/mol. The normalized spacial score (nSPS) is 16.5. The fourth-order valence-corrected chi connectivity index (χ4v) is 4.92. The minimum absolute atomic E-state index is 0.0283. The van der Waals surface area contributed by atoms with Crippen molar-refractivity contribution in [2.75, 3.05) is 13.1 Å². The van der Waals surface area contributed by atoms with E-state index in [0.717, 1.165) is 17.7 Å². The first-order chi connectivity index (χ1) is 14.8. The number of rotatable bonds is 7. The van der Waals surface area contributed by atoms with Gasteiger partial charge in [0, 0.05) is 25.6 Å². The van der Waals surface area contributed by atoms with Crippen LogP contribution in [0.5, 0.6) is 0 Å². The maximum Gasteiger partial charge on any atom is 0.243 e. The molecule has 2 aromatic carbocycles. The summed E-state index contributed by atoms with van der Waals surface area (Å²) in [5, 5.41) is 5.50. The highest BCUT2D eigenvalue weighted by Gasteiger charge is 2.32. The number of hydrogen-bond acceptors (Lipinski definition) is 4. The molecule has 1 saturated heterocycles. The van der Waals surface area contributed by atoms with Crippen LogP contribution in [0.25, 0.3) is 0 Å². The first kappa shape index (κ1) is 22.9. The van der Waals surface area contributed by atoms with Gasteiger partial charge in [-0.1, -0.05) is 30.3 Å². The number of carbonyl (C=O) groups excluding carboxylic acids is 2. The van der Waals surface area contributed by atoms with E-state index in [-0.39, 0.29) is 35.7 Å². The molecule has 0 aliphatic carbocycles. The lowest BCUT2D eigenvalue weighted by Gasteiger charge is -2.31. The van der Waals surface area contributed by atoms with Crippen molar-refractivity contribution in [3.8, 4) is 0 Å². The minimum Gasteiger partial charge on any atom is -0.350 e. The summed E-state index contributed by atoms with van der Waals surface area (Å²) in [6.07, 6.45) is 0.704. The first-order valence-corrected chi connectivity index (χ1v) is 11.6. The summed E-state index contributed by atoms with van der Waals surface area (Å²) in [5.41, 5.74) is 0.962. The van der Waals surface area contributed by atoms with Gasteiger partial charge in [0.1, 0.15) is 11.9 Å². The fourth-order valence-electron chi connectivity index (χ4n) is 3.45. The molecule has 9 heteroatoms. The van der Waals surface area contributed by atoms with Crippen LogP contribution in [0.4, 0.5) is 4.39 Å². The van der Waals surface area contributed by atoms with Crippen molar-refractivity contribution >= 4 is 21.8 Å². The second-order valence-electron chi connectivity index (χ2n) is 7.57. The highest BCUT2D eigenvalue weighted by Crippen LogP contribution is 2.24. The van der Waals surface area contributed by atoms with Gasteiger partial charge in [0.05, 0.1) is 4.90 Å². The van der Waals surface area contributed by atoms with E-state index in [4.69, 9.17) is 0 Å². The van der Waals surface area contributed by atoms with E-state index < -0.39 is 21.9 Å². The predicted octanol–water partition coefficient (Wildman–Crippen LogP) is 2.05. The molecule has 1 aliphatic rings. The van der Waals surface area contributed by atoms with Crippen LogP contribution in [-0.2, 0) is 26.2 Å². The summed E-state index contributed by atoms with van der Waals surface area (Å²) in [6.45, 7) is 2.37. The van der Waals surface area contributed by atoms with Gasteiger partial charge in [-0.25, -0.2) is 12.8 Å². The lowest BCUT2D eigenvalue weighted by Crippen LogP contribution is -2.49. The molecule has 2 aromatic rings. The van der Waals surface area contributed by atoms with Crippen molar-refractivity contribution in [2.45, 2.75) is 37.2 Å². The Hall–Kier alpha value is -2.78. The van der Waals surface area contributed by atoms with Crippen molar-refractivity contribution in [3.05, 3.63) is 66.0 Å². The number of amides is 2. The Morgan fingerprint density at radius 1 is 1.06 bits per heavy atom. The van der Waals surface area contributed by atoms with Crippen LogP contribution in [0.3, 0.4) is 0 Å². The third-order valence-corrected chi connectivity index (χ3v) is 7.25. The van der Waals surface area contributed by atoms with Crippen LogP contribution < -0.4 is 10.6 Å². The topological polar surface area (TPSA) is 95.6 Å². The zero-order chi connectivity index (χ0) is 22.4. The number of sulfonamides is 1. The van der Waals surface area contributed by atoms with Gasteiger partial charge < -0.3 is 10.6 Å². The number of halogens is 1. The first-order valence-electron chi connectivity index (χ1n) is 10.1. The van der Waals surface area contributed by atoms with Gasteiger partial charge in [0.25, 0.3) is 0 Å². The molecule has 0 bridgehead atoms. The number of carbonyl (C=O) groups is 2. The number of benzene rings is 2. The van der Waals surface area contributed by atoms with Crippen LogP contribution in [0.2, 0.25) is 0 Å². The Kier molecular flexibility index (Phi) is 7.40. The zero-order valence-electron chi connectivity index (χ0n) is 17.3. The molecule has 1 heterocycles. The van der Waals surface area contributed by atoms with Crippen molar-refractivity contribution in [1.29, 1.82) is 0 Å². The molecule has 7 nitrogen and oxygen atoms in total. The van der Waals surface area contributed by atoms with Crippen LogP contribution >= 0.6 is 0 Å². The molecule has 166 valence electrons. The molecule has 1 atom stereocenters. The Bertz CT molecular complexity index is 1000. The van der Waals surface area contributed by atoms with Gasteiger partial charge in [-0.15, -0.1) is 0 Å². The highest BCUT2D eigenvalue weighted by molar-refractivity contribution is 7.89. The van der Waals surface area contributed by atoms with Crippen molar-refractivity contribution < 1.29 is 22.4 Å². The molecule has 1 fully saturated rings. The molecule has 0 unspecified atom stereocenters. The van der Waals surface area contributed by atoms with E-state index in [1.165, 1.54) is 16.4 Å². The summed E-state index contributed by atoms with van der Waals surface area (Å²) in [4.78, 5) is 24.8. The molecule has 31 heavy (non-hydrogen) atoms. The van der Waals surface area contributed by atoms with Crippen LogP contribution in [-0.4, -0.2) is 43.7 Å². The summed E-state index contributed by atoms with van der Waals surface area (Å²) in [5.74, 6) is -1.42. The Balaban J connectivity index is 1.48. The number of piperidine rings is 1. The van der Waals surface area contributed by atoms with E-state index >= 15 is 0 Å². The van der Waals surface area contributed by atoms with Gasteiger partial charge in [-0.05, 0) is 49.6 Å². The molecule has 1 aliphatic heterocycles. The van der Waals surface area contributed by atoms with Crippen molar-refractivity contribution in [3.63, 3.8) is 0 Å². The van der Waals surface area contributed by atoms with E-state index in [0.29, 0.717) is 19.4 Å². The summed E-state index contributed by atoms with van der Waals surface area (Å²) in [6, 6.07) is 13.5. The van der Waals surface area contributed by atoms with Gasteiger partial charge in [0.15, 0.2) is 0 Å². The van der Waals surface area contributed by atoms with Gasteiger partial charge in [0.2, 0.25) is 21.8 Å². The van der Waals surface area contributed by atoms with Gasteiger partial charge >= 0.3 is 0 Å². The molecule has 2 amide bonds. The third-order valence-electron chi connectivity index (χ3n) is 5.34. The molecular formula is C22H26FN3O4S. The summed E-state index contributed by atoms with van der Waals surface area (Å²) >= 11 is 0.